The van der Waals surface area contributed by atoms with Crippen LogP contribution < -0.4 is 5.32 Å². The molecule has 1 atom stereocenters. The molecule has 3 rings (SSSR count). The van der Waals surface area contributed by atoms with Crippen LogP contribution in [0.3, 0.4) is 0 Å². The number of hydrogen-bond acceptors (Lipinski definition) is 5. The number of likely N-dealkylation sites (tertiary alicyclic amines) is 1. The van der Waals surface area contributed by atoms with E-state index in [0.29, 0.717) is 0 Å². The van der Waals surface area contributed by atoms with Crippen molar-refractivity contribution < 1.29 is 0 Å². The summed E-state index contributed by atoms with van der Waals surface area (Å²) in [6.07, 6.45) is 6.94. The molecule has 5 heteroatoms. The quantitative estimate of drug-likeness (QED) is 0.856. The smallest absolute Gasteiger partial charge is 0.147 e. The number of thiophene rings is 1. The number of nitrogens with zero attached hydrogens (tertiary/aromatic N) is 3. The molecule has 21 heavy (non-hydrogen) atoms. The number of fused-ring (bicyclic) bond motifs is 1. The SMILES string of the molecule is Cc1csc2c(NCCCN3CCCCC3C)ncnc12. The summed E-state index contributed by atoms with van der Waals surface area (Å²) in [5.41, 5.74) is 2.32. The van der Waals surface area contributed by atoms with E-state index in [1.165, 1.54) is 49.0 Å². The van der Waals surface area contributed by atoms with E-state index >= 15 is 0 Å². The first-order valence-electron chi connectivity index (χ1n) is 7.92. The van der Waals surface area contributed by atoms with Crippen molar-refractivity contribution in [1.82, 2.24) is 14.9 Å². The molecule has 2 aromatic rings. The Hall–Kier alpha value is -1.20. The van der Waals surface area contributed by atoms with Crippen molar-refractivity contribution in [2.45, 2.75) is 45.6 Å². The van der Waals surface area contributed by atoms with Crippen molar-refractivity contribution in [2.75, 3.05) is 25.0 Å². The normalized spacial score (nSPS) is 20.0. The molecule has 3 heterocycles. The highest BCUT2D eigenvalue weighted by Gasteiger charge is 2.17. The number of anilines is 1. The van der Waals surface area contributed by atoms with Gasteiger partial charge in [0, 0.05) is 19.1 Å². The van der Waals surface area contributed by atoms with E-state index in [2.05, 4.69) is 39.4 Å². The van der Waals surface area contributed by atoms with Gasteiger partial charge in [-0.15, -0.1) is 11.3 Å². The van der Waals surface area contributed by atoms with E-state index < -0.39 is 0 Å². The second kappa shape index (κ2) is 6.71. The van der Waals surface area contributed by atoms with Crippen LogP contribution in [-0.4, -0.2) is 40.5 Å². The molecule has 1 unspecified atom stereocenters. The van der Waals surface area contributed by atoms with Crippen LogP contribution in [0.4, 0.5) is 5.82 Å². The molecule has 0 bridgehead atoms. The van der Waals surface area contributed by atoms with Crippen LogP contribution in [-0.2, 0) is 0 Å². The second-order valence-electron chi connectivity index (χ2n) is 5.98. The molecule has 0 spiro atoms. The highest BCUT2D eigenvalue weighted by Crippen LogP contribution is 2.28. The summed E-state index contributed by atoms with van der Waals surface area (Å²) >= 11 is 1.73. The maximum Gasteiger partial charge on any atom is 0.147 e. The fourth-order valence-electron chi connectivity index (χ4n) is 3.07. The van der Waals surface area contributed by atoms with Gasteiger partial charge in [-0.25, -0.2) is 9.97 Å². The summed E-state index contributed by atoms with van der Waals surface area (Å²) in [4.78, 5) is 11.4. The summed E-state index contributed by atoms with van der Waals surface area (Å²) in [7, 11) is 0. The Morgan fingerprint density at radius 2 is 2.29 bits per heavy atom. The zero-order valence-corrected chi connectivity index (χ0v) is 13.7. The van der Waals surface area contributed by atoms with Crippen molar-refractivity contribution in [3.05, 3.63) is 17.3 Å². The van der Waals surface area contributed by atoms with E-state index in [-0.39, 0.29) is 0 Å². The van der Waals surface area contributed by atoms with Gasteiger partial charge >= 0.3 is 0 Å². The van der Waals surface area contributed by atoms with Crippen LogP contribution in [0.1, 0.15) is 38.2 Å². The number of aromatic nitrogens is 2. The summed E-state index contributed by atoms with van der Waals surface area (Å²) < 4.78 is 1.18. The fraction of sp³-hybridized carbons (Fsp3) is 0.625. The van der Waals surface area contributed by atoms with Crippen LogP contribution in [0.15, 0.2) is 11.7 Å². The zero-order chi connectivity index (χ0) is 14.7. The Bertz CT molecular complexity index is 595. The maximum absolute atomic E-state index is 4.39. The monoisotopic (exact) mass is 304 g/mol. The first kappa shape index (κ1) is 14.7. The molecule has 1 N–H and O–H groups in total. The molecule has 1 aliphatic rings. The summed E-state index contributed by atoms with van der Waals surface area (Å²) in [6.45, 7) is 7.89. The van der Waals surface area contributed by atoms with Gasteiger partial charge in [0.15, 0.2) is 0 Å². The van der Waals surface area contributed by atoms with Crippen molar-refractivity contribution in [1.29, 1.82) is 0 Å². The fourth-order valence-corrected chi connectivity index (χ4v) is 4.04. The van der Waals surface area contributed by atoms with Crippen LogP contribution in [0.25, 0.3) is 10.2 Å². The average Bonchev–Trinajstić information content (AvgIpc) is 2.88. The van der Waals surface area contributed by atoms with Gasteiger partial charge in [0.05, 0.1) is 10.2 Å². The molecule has 1 aliphatic heterocycles. The highest BCUT2D eigenvalue weighted by molar-refractivity contribution is 7.18. The van der Waals surface area contributed by atoms with Gasteiger partial charge in [0.25, 0.3) is 0 Å². The highest BCUT2D eigenvalue weighted by atomic mass is 32.1. The zero-order valence-electron chi connectivity index (χ0n) is 12.9. The van der Waals surface area contributed by atoms with Crippen molar-refractivity contribution in [2.24, 2.45) is 0 Å². The van der Waals surface area contributed by atoms with Gasteiger partial charge in [-0.1, -0.05) is 6.42 Å². The van der Waals surface area contributed by atoms with Crippen molar-refractivity contribution in [3.8, 4) is 0 Å². The third-order valence-corrected chi connectivity index (χ3v) is 5.48. The van der Waals surface area contributed by atoms with Crippen LogP contribution in [0.5, 0.6) is 0 Å². The van der Waals surface area contributed by atoms with Gasteiger partial charge in [-0.3, -0.25) is 0 Å². The Balaban J connectivity index is 1.52. The number of piperidine rings is 1. The lowest BCUT2D eigenvalue weighted by Crippen LogP contribution is -2.38. The molecule has 0 radical (unpaired) electrons. The molecule has 1 fully saturated rings. The van der Waals surface area contributed by atoms with Crippen LogP contribution in [0.2, 0.25) is 0 Å². The average molecular weight is 304 g/mol. The first-order valence-corrected chi connectivity index (χ1v) is 8.80. The minimum atomic E-state index is 0.754. The summed E-state index contributed by atoms with van der Waals surface area (Å²) in [6, 6.07) is 0.754. The lowest BCUT2D eigenvalue weighted by Gasteiger charge is -2.33. The predicted molar refractivity (Wildman–Crippen MR) is 90.1 cm³/mol. The van der Waals surface area contributed by atoms with Gasteiger partial charge in [0.2, 0.25) is 0 Å². The predicted octanol–water partition coefficient (Wildman–Crippen LogP) is 3.68. The van der Waals surface area contributed by atoms with Crippen molar-refractivity contribution >= 4 is 27.4 Å². The number of hydrogen-bond donors (Lipinski definition) is 1. The topological polar surface area (TPSA) is 41.0 Å². The largest absolute Gasteiger partial charge is 0.369 e. The minimum absolute atomic E-state index is 0.754. The molecule has 0 aliphatic carbocycles. The molecular formula is C16H24N4S. The lowest BCUT2D eigenvalue weighted by atomic mass is 10.0. The molecule has 1 saturated heterocycles. The maximum atomic E-state index is 4.39. The van der Waals surface area contributed by atoms with Gasteiger partial charge in [-0.2, -0.15) is 0 Å². The summed E-state index contributed by atoms with van der Waals surface area (Å²) in [5.74, 6) is 0.991. The third kappa shape index (κ3) is 3.35. The van der Waals surface area contributed by atoms with E-state index in [0.717, 1.165) is 23.9 Å². The molecular weight excluding hydrogens is 280 g/mol. The van der Waals surface area contributed by atoms with E-state index in [4.69, 9.17) is 0 Å². The van der Waals surface area contributed by atoms with Gasteiger partial charge < -0.3 is 10.2 Å². The molecule has 2 aromatic heterocycles. The Kier molecular flexibility index (Phi) is 4.70. The number of rotatable bonds is 5. The van der Waals surface area contributed by atoms with Crippen LogP contribution >= 0.6 is 11.3 Å². The standard InChI is InChI=1S/C16H24N4S/c1-12-10-21-15-14(12)18-11-19-16(15)17-7-5-9-20-8-4-3-6-13(20)2/h10-11,13H,3-9H2,1-2H3,(H,17,18,19). The first-order chi connectivity index (χ1) is 10.3. The lowest BCUT2D eigenvalue weighted by molar-refractivity contribution is 0.160. The van der Waals surface area contributed by atoms with E-state index in [9.17, 15) is 0 Å². The van der Waals surface area contributed by atoms with E-state index in [1.807, 2.05) is 0 Å². The van der Waals surface area contributed by atoms with Gasteiger partial charge in [-0.05, 0) is 50.6 Å². The molecule has 0 amide bonds. The third-order valence-electron chi connectivity index (χ3n) is 4.39. The Morgan fingerprint density at radius 1 is 1.38 bits per heavy atom. The molecule has 4 nitrogen and oxygen atoms in total. The van der Waals surface area contributed by atoms with Crippen LogP contribution in [0, 0.1) is 6.92 Å². The number of nitrogens with one attached hydrogen (secondary N) is 1. The van der Waals surface area contributed by atoms with Crippen molar-refractivity contribution in [3.63, 3.8) is 0 Å². The Morgan fingerprint density at radius 3 is 3.14 bits per heavy atom. The van der Waals surface area contributed by atoms with Gasteiger partial charge in [0.1, 0.15) is 12.1 Å². The minimum Gasteiger partial charge on any atom is -0.369 e. The summed E-state index contributed by atoms with van der Waals surface area (Å²) in [5, 5.41) is 5.64. The van der Waals surface area contributed by atoms with E-state index in [1.54, 1.807) is 17.7 Å². The Labute approximate surface area is 130 Å². The molecule has 114 valence electrons. The molecule has 0 aromatic carbocycles. The number of aryl methyl sites for hydroxylation is 1. The molecule has 0 saturated carbocycles. The second-order valence-corrected chi connectivity index (χ2v) is 6.86.